The van der Waals surface area contributed by atoms with Crippen LogP contribution in [0.15, 0.2) is 36.4 Å². The van der Waals surface area contributed by atoms with E-state index in [0.717, 1.165) is 18.6 Å². The molecule has 0 atom stereocenters. The van der Waals surface area contributed by atoms with Gasteiger partial charge in [0, 0.05) is 27.9 Å². The van der Waals surface area contributed by atoms with Crippen molar-refractivity contribution in [3.63, 3.8) is 0 Å². The number of hydrogen-bond acceptors (Lipinski definition) is 4. The number of halogens is 3. The largest absolute Gasteiger partial charge is 0.454 e. The van der Waals surface area contributed by atoms with Gasteiger partial charge in [-0.15, -0.1) is 0 Å². The fourth-order valence-electron chi connectivity index (χ4n) is 3.19. The summed E-state index contributed by atoms with van der Waals surface area (Å²) in [4.78, 5) is 24.3. The second kappa shape index (κ2) is 7.69. The van der Waals surface area contributed by atoms with Gasteiger partial charge in [0.2, 0.25) is 5.91 Å². The van der Waals surface area contributed by atoms with Crippen molar-refractivity contribution in [2.24, 2.45) is 0 Å². The van der Waals surface area contributed by atoms with E-state index < -0.39 is 40.0 Å². The van der Waals surface area contributed by atoms with E-state index in [9.17, 15) is 27.0 Å². The van der Waals surface area contributed by atoms with E-state index >= 15 is 0 Å². The summed E-state index contributed by atoms with van der Waals surface area (Å²) in [7, 11) is -0.905. The fourth-order valence-corrected chi connectivity index (χ4v) is 4.16. The fraction of sp³-hybridized carbons (Fsp3) is 0.474. The molecule has 1 aliphatic heterocycles. The summed E-state index contributed by atoms with van der Waals surface area (Å²) in [5.74, 6) is -0.367. The monoisotopic (exact) mass is 415 g/mol. The molecule has 1 saturated carbocycles. The van der Waals surface area contributed by atoms with Gasteiger partial charge in [0.1, 0.15) is 5.60 Å². The molecule has 1 amide bonds. The summed E-state index contributed by atoms with van der Waals surface area (Å²) in [5, 5.41) is 2.65. The second-order valence-electron chi connectivity index (χ2n) is 7.12. The minimum atomic E-state index is -4.43. The molecule has 28 heavy (non-hydrogen) atoms. The van der Waals surface area contributed by atoms with Crippen LogP contribution in [0.5, 0.6) is 0 Å². The van der Waals surface area contributed by atoms with Gasteiger partial charge in [0.15, 0.2) is 0 Å². The number of alkyl halides is 3. The van der Waals surface area contributed by atoms with Crippen molar-refractivity contribution >= 4 is 22.7 Å². The van der Waals surface area contributed by atoms with Crippen molar-refractivity contribution in [3.8, 4) is 0 Å². The zero-order chi connectivity index (χ0) is 20.5. The van der Waals surface area contributed by atoms with Crippen LogP contribution in [0.2, 0.25) is 0 Å². The molecule has 0 bridgehead atoms. The first-order valence-electron chi connectivity index (χ1n) is 8.82. The van der Waals surface area contributed by atoms with Crippen molar-refractivity contribution in [2.75, 3.05) is 11.5 Å². The molecule has 5 nitrogen and oxygen atoms in total. The van der Waals surface area contributed by atoms with Gasteiger partial charge in [-0.2, -0.15) is 13.2 Å². The van der Waals surface area contributed by atoms with E-state index in [1.807, 2.05) is 0 Å². The van der Waals surface area contributed by atoms with E-state index in [4.69, 9.17) is 4.74 Å². The molecule has 0 aromatic heterocycles. The van der Waals surface area contributed by atoms with Crippen LogP contribution in [0.3, 0.4) is 0 Å². The van der Waals surface area contributed by atoms with Crippen molar-refractivity contribution in [1.29, 1.82) is 0 Å². The van der Waals surface area contributed by atoms with E-state index in [1.54, 1.807) is 0 Å². The first kappa shape index (κ1) is 20.6. The highest BCUT2D eigenvalue weighted by Crippen LogP contribution is 2.45. The standard InChI is InChI=1S/C19H20F3NO4S/c1-12(17(25)23-15-10-28(26)11-15)9-16(24)27-18(7-2-8-18)13-3-5-14(6-4-13)19(20,21)22/h3-6,15H,1-2,7-11H2,(H,23,25). The molecular weight excluding hydrogens is 395 g/mol. The lowest BCUT2D eigenvalue weighted by Gasteiger charge is -2.41. The van der Waals surface area contributed by atoms with Crippen LogP contribution in [0.4, 0.5) is 13.2 Å². The van der Waals surface area contributed by atoms with Crippen LogP contribution in [-0.2, 0) is 36.9 Å². The Morgan fingerprint density at radius 1 is 1.21 bits per heavy atom. The number of nitrogens with one attached hydrogen (secondary N) is 1. The maximum atomic E-state index is 12.7. The smallest absolute Gasteiger partial charge is 0.416 e. The third kappa shape index (κ3) is 4.45. The van der Waals surface area contributed by atoms with E-state index in [2.05, 4.69) is 11.9 Å². The molecule has 0 radical (unpaired) electrons. The number of carbonyl (C=O) groups is 2. The van der Waals surface area contributed by atoms with Crippen molar-refractivity contribution in [2.45, 2.75) is 43.5 Å². The van der Waals surface area contributed by atoms with Gasteiger partial charge in [0.05, 0.1) is 18.0 Å². The first-order chi connectivity index (χ1) is 13.1. The first-order valence-corrected chi connectivity index (χ1v) is 10.3. The Hall–Kier alpha value is -2.16. The number of esters is 1. The number of benzene rings is 1. The van der Waals surface area contributed by atoms with E-state index in [0.29, 0.717) is 29.9 Å². The molecule has 3 rings (SSSR count). The van der Waals surface area contributed by atoms with Gasteiger partial charge < -0.3 is 10.1 Å². The average molecular weight is 415 g/mol. The maximum Gasteiger partial charge on any atom is 0.416 e. The van der Waals surface area contributed by atoms with Gasteiger partial charge in [-0.25, -0.2) is 0 Å². The Morgan fingerprint density at radius 2 is 1.82 bits per heavy atom. The summed E-state index contributed by atoms with van der Waals surface area (Å²) in [6.07, 6.45) is -2.94. The molecule has 1 N–H and O–H groups in total. The summed E-state index contributed by atoms with van der Waals surface area (Å²) in [6, 6.07) is 4.42. The van der Waals surface area contributed by atoms with Crippen LogP contribution in [0.25, 0.3) is 0 Å². The number of ether oxygens (including phenoxy) is 1. The molecule has 2 fully saturated rings. The topological polar surface area (TPSA) is 72.5 Å². The van der Waals surface area contributed by atoms with E-state index in [-0.39, 0.29) is 18.0 Å². The van der Waals surface area contributed by atoms with Gasteiger partial charge >= 0.3 is 12.1 Å². The normalized spacial score (nSPS) is 23.1. The summed E-state index contributed by atoms with van der Waals surface area (Å²) >= 11 is 0. The average Bonchev–Trinajstić information content (AvgIpc) is 2.56. The lowest BCUT2D eigenvalue weighted by atomic mass is 9.74. The Labute approximate surface area is 162 Å². The predicted molar refractivity (Wildman–Crippen MR) is 96.6 cm³/mol. The zero-order valence-electron chi connectivity index (χ0n) is 15.0. The Balaban J connectivity index is 1.59. The number of hydrogen-bond donors (Lipinski definition) is 1. The highest BCUT2D eigenvalue weighted by Gasteiger charge is 2.43. The zero-order valence-corrected chi connectivity index (χ0v) is 15.8. The van der Waals surface area contributed by atoms with E-state index in [1.165, 1.54) is 12.1 Å². The molecule has 0 unspecified atom stereocenters. The molecule has 152 valence electrons. The van der Waals surface area contributed by atoms with Crippen LogP contribution in [0, 0.1) is 0 Å². The Kier molecular flexibility index (Phi) is 5.65. The quantitative estimate of drug-likeness (QED) is 0.573. The van der Waals surface area contributed by atoms with Crippen molar-refractivity contribution in [3.05, 3.63) is 47.5 Å². The van der Waals surface area contributed by atoms with Crippen molar-refractivity contribution in [1.82, 2.24) is 5.32 Å². The third-order valence-corrected chi connectivity index (χ3v) is 6.55. The summed E-state index contributed by atoms with van der Waals surface area (Å²) in [5.41, 5.74) is -1.18. The lowest BCUT2D eigenvalue weighted by molar-refractivity contribution is -0.171. The van der Waals surface area contributed by atoms with Crippen molar-refractivity contribution < 1.29 is 31.7 Å². The minimum absolute atomic E-state index is 0.0320. The number of rotatable bonds is 6. The molecule has 1 heterocycles. The number of carbonyl (C=O) groups excluding carboxylic acids is 2. The summed E-state index contributed by atoms with van der Waals surface area (Å²) in [6.45, 7) is 3.60. The number of amides is 1. The SMILES string of the molecule is C=C(CC(=O)OC1(c2ccc(C(F)(F)F)cc2)CCC1)C(=O)NC1CS(=O)C1. The molecule has 1 aromatic rings. The molecule has 1 saturated heterocycles. The highest BCUT2D eigenvalue weighted by atomic mass is 32.2. The Bertz CT molecular complexity index is 807. The van der Waals surface area contributed by atoms with Gasteiger partial charge in [-0.05, 0) is 37.0 Å². The molecule has 1 aliphatic carbocycles. The molecule has 0 spiro atoms. The lowest BCUT2D eigenvalue weighted by Crippen LogP contribution is -2.50. The summed E-state index contributed by atoms with van der Waals surface area (Å²) < 4.78 is 54.8. The maximum absolute atomic E-state index is 12.7. The van der Waals surface area contributed by atoms with Gasteiger partial charge in [-0.1, -0.05) is 18.7 Å². The second-order valence-corrected chi connectivity index (χ2v) is 8.67. The van der Waals surface area contributed by atoms with Gasteiger partial charge in [-0.3, -0.25) is 13.8 Å². The minimum Gasteiger partial charge on any atom is -0.454 e. The predicted octanol–water partition coefficient (Wildman–Crippen LogP) is 2.82. The molecule has 1 aromatic carbocycles. The van der Waals surface area contributed by atoms with Crippen LogP contribution >= 0.6 is 0 Å². The van der Waals surface area contributed by atoms with Crippen LogP contribution < -0.4 is 5.32 Å². The third-order valence-electron chi connectivity index (χ3n) is 5.00. The molecule has 9 heteroatoms. The molecule has 2 aliphatic rings. The Morgan fingerprint density at radius 3 is 2.29 bits per heavy atom. The molecular formula is C19H20F3NO4S. The van der Waals surface area contributed by atoms with Crippen LogP contribution in [0.1, 0.15) is 36.8 Å². The highest BCUT2D eigenvalue weighted by molar-refractivity contribution is 7.86. The van der Waals surface area contributed by atoms with Crippen LogP contribution in [-0.4, -0.2) is 33.6 Å². The van der Waals surface area contributed by atoms with Gasteiger partial charge in [0.25, 0.3) is 0 Å².